The summed E-state index contributed by atoms with van der Waals surface area (Å²) < 4.78 is 0. The fourth-order valence-electron chi connectivity index (χ4n) is 2.10. The second-order valence-electron chi connectivity index (χ2n) is 5.96. The Bertz CT molecular complexity index is 391. The Morgan fingerprint density at radius 2 is 1.94 bits per heavy atom. The van der Waals surface area contributed by atoms with Gasteiger partial charge in [-0.05, 0) is 33.6 Å². The first-order chi connectivity index (χ1) is 8.44. The quantitative estimate of drug-likeness (QED) is 0.833. The summed E-state index contributed by atoms with van der Waals surface area (Å²) in [4.78, 5) is 10.9. The average Bonchev–Trinajstić information content (AvgIpc) is 2.28. The molecule has 1 aliphatic rings. The van der Waals surface area contributed by atoms with Crippen molar-refractivity contribution in [3.8, 4) is 0 Å². The van der Waals surface area contributed by atoms with E-state index in [-0.39, 0.29) is 5.54 Å². The number of aromatic nitrogens is 2. The van der Waals surface area contributed by atoms with Gasteiger partial charge >= 0.3 is 0 Å². The van der Waals surface area contributed by atoms with Crippen molar-refractivity contribution in [1.82, 2.24) is 9.97 Å². The fraction of sp³-hybridized carbons (Fsp3) is 0.692. The Kier molecular flexibility index (Phi) is 3.71. The highest BCUT2D eigenvalue weighted by Gasteiger charge is 2.18. The minimum atomic E-state index is 0.00980. The maximum atomic E-state index is 5.92. The molecule has 1 saturated heterocycles. The number of piperidine rings is 1. The van der Waals surface area contributed by atoms with Crippen LogP contribution in [0.1, 0.15) is 33.6 Å². The summed E-state index contributed by atoms with van der Waals surface area (Å²) >= 11 is 0. The van der Waals surface area contributed by atoms with Crippen molar-refractivity contribution in [3.05, 3.63) is 12.4 Å². The SMILES string of the molecule is CC(C)(C)Nc1cc(N2CCC(N)CC2)ncn1. The molecule has 1 aromatic heterocycles. The molecular formula is C13H23N5. The molecule has 0 saturated carbocycles. The molecule has 5 heteroatoms. The highest BCUT2D eigenvalue weighted by molar-refractivity contribution is 5.49. The molecule has 0 amide bonds. The molecule has 0 bridgehead atoms. The van der Waals surface area contributed by atoms with Crippen molar-refractivity contribution in [2.24, 2.45) is 5.73 Å². The Balaban J connectivity index is 2.07. The predicted octanol–water partition coefficient (Wildman–Crippen LogP) is 1.61. The van der Waals surface area contributed by atoms with Crippen LogP contribution in [0.5, 0.6) is 0 Å². The van der Waals surface area contributed by atoms with Crippen LogP contribution in [0.25, 0.3) is 0 Å². The van der Waals surface area contributed by atoms with Crippen LogP contribution in [0.15, 0.2) is 12.4 Å². The first kappa shape index (κ1) is 13.1. The molecule has 0 atom stereocenters. The summed E-state index contributed by atoms with van der Waals surface area (Å²) in [5.74, 6) is 1.87. The van der Waals surface area contributed by atoms with E-state index < -0.39 is 0 Å². The van der Waals surface area contributed by atoms with Gasteiger partial charge < -0.3 is 16.0 Å². The lowest BCUT2D eigenvalue weighted by atomic mass is 10.1. The van der Waals surface area contributed by atoms with E-state index in [9.17, 15) is 0 Å². The minimum Gasteiger partial charge on any atom is -0.365 e. The number of nitrogens with one attached hydrogen (secondary N) is 1. The lowest BCUT2D eigenvalue weighted by molar-refractivity contribution is 0.498. The summed E-state index contributed by atoms with van der Waals surface area (Å²) in [5.41, 5.74) is 5.93. The topological polar surface area (TPSA) is 67.1 Å². The first-order valence-corrected chi connectivity index (χ1v) is 6.55. The molecule has 5 nitrogen and oxygen atoms in total. The van der Waals surface area contributed by atoms with Crippen molar-refractivity contribution in [1.29, 1.82) is 0 Å². The van der Waals surface area contributed by atoms with E-state index in [0.29, 0.717) is 6.04 Å². The maximum absolute atomic E-state index is 5.92. The lowest BCUT2D eigenvalue weighted by Crippen LogP contribution is -2.40. The van der Waals surface area contributed by atoms with Gasteiger partial charge in [0, 0.05) is 30.7 Å². The Labute approximate surface area is 109 Å². The molecule has 18 heavy (non-hydrogen) atoms. The Morgan fingerprint density at radius 1 is 1.28 bits per heavy atom. The van der Waals surface area contributed by atoms with Crippen LogP contribution in [-0.4, -0.2) is 34.6 Å². The van der Waals surface area contributed by atoms with E-state index in [1.165, 1.54) is 0 Å². The third-order valence-electron chi connectivity index (χ3n) is 3.02. The molecule has 1 aromatic rings. The van der Waals surface area contributed by atoms with Crippen LogP contribution in [0.4, 0.5) is 11.6 Å². The second kappa shape index (κ2) is 5.10. The molecule has 0 spiro atoms. The summed E-state index contributed by atoms with van der Waals surface area (Å²) in [6, 6.07) is 2.36. The third kappa shape index (κ3) is 3.57. The second-order valence-corrected chi connectivity index (χ2v) is 5.96. The minimum absolute atomic E-state index is 0.00980. The van der Waals surface area contributed by atoms with E-state index in [4.69, 9.17) is 5.73 Å². The van der Waals surface area contributed by atoms with Gasteiger partial charge in [-0.3, -0.25) is 0 Å². The molecule has 2 rings (SSSR count). The van der Waals surface area contributed by atoms with Gasteiger partial charge in [0.1, 0.15) is 18.0 Å². The van der Waals surface area contributed by atoms with Crippen LogP contribution in [0, 0.1) is 0 Å². The van der Waals surface area contributed by atoms with Gasteiger partial charge in [0.05, 0.1) is 0 Å². The normalized spacial score (nSPS) is 17.9. The summed E-state index contributed by atoms with van der Waals surface area (Å²) in [5, 5.41) is 3.37. The van der Waals surface area contributed by atoms with Crippen molar-refractivity contribution in [2.75, 3.05) is 23.3 Å². The van der Waals surface area contributed by atoms with Crippen LogP contribution in [-0.2, 0) is 0 Å². The number of rotatable bonds is 2. The van der Waals surface area contributed by atoms with Crippen molar-refractivity contribution in [3.63, 3.8) is 0 Å². The number of nitrogens with two attached hydrogens (primary N) is 1. The standard InChI is InChI=1S/C13H23N5/c1-13(2,3)17-11-8-12(16-9-15-11)18-6-4-10(14)5-7-18/h8-10H,4-7,14H2,1-3H3,(H,15,16,17). The zero-order valence-electron chi connectivity index (χ0n) is 11.5. The number of hydrogen-bond acceptors (Lipinski definition) is 5. The number of nitrogens with zero attached hydrogens (tertiary/aromatic N) is 3. The monoisotopic (exact) mass is 249 g/mol. The van der Waals surface area contributed by atoms with Crippen LogP contribution in [0.2, 0.25) is 0 Å². The first-order valence-electron chi connectivity index (χ1n) is 6.55. The molecular weight excluding hydrogens is 226 g/mol. The third-order valence-corrected chi connectivity index (χ3v) is 3.02. The zero-order valence-corrected chi connectivity index (χ0v) is 11.5. The summed E-state index contributed by atoms with van der Waals surface area (Å²) in [7, 11) is 0. The van der Waals surface area contributed by atoms with E-state index in [1.807, 2.05) is 6.07 Å². The molecule has 1 fully saturated rings. The van der Waals surface area contributed by atoms with Crippen molar-refractivity contribution in [2.45, 2.75) is 45.2 Å². The van der Waals surface area contributed by atoms with Gasteiger partial charge in [0.25, 0.3) is 0 Å². The molecule has 1 aliphatic heterocycles. The van der Waals surface area contributed by atoms with E-state index >= 15 is 0 Å². The molecule has 3 N–H and O–H groups in total. The lowest BCUT2D eigenvalue weighted by Gasteiger charge is -2.31. The number of hydrogen-bond donors (Lipinski definition) is 2. The van der Waals surface area contributed by atoms with Gasteiger partial charge in [0.15, 0.2) is 0 Å². The molecule has 2 heterocycles. The van der Waals surface area contributed by atoms with Gasteiger partial charge in [0.2, 0.25) is 0 Å². The van der Waals surface area contributed by atoms with Crippen LogP contribution < -0.4 is 16.0 Å². The van der Waals surface area contributed by atoms with Gasteiger partial charge in [-0.25, -0.2) is 9.97 Å². The molecule has 0 radical (unpaired) electrons. The highest BCUT2D eigenvalue weighted by Crippen LogP contribution is 2.20. The average molecular weight is 249 g/mol. The van der Waals surface area contributed by atoms with Crippen molar-refractivity contribution >= 4 is 11.6 Å². The van der Waals surface area contributed by atoms with Gasteiger partial charge in [-0.2, -0.15) is 0 Å². The molecule has 0 aromatic carbocycles. The predicted molar refractivity (Wildman–Crippen MR) is 74.8 cm³/mol. The molecule has 0 aliphatic carbocycles. The van der Waals surface area contributed by atoms with Gasteiger partial charge in [-0.15, -0.1) is 0 Å². The highest BCUT2D eigenvalue weighted by atomic mass is 15.2. The van der Waals surface area contributed by atoms with E-state index in [1.54, 1.807) is 6.33 Å². The maximum Gasteiger partial charge on any atom is 0.134 e. The zero-order chi connectivity index (χ0) is 13.2. The summed E-state index contributed by atoms with van der Waals surface area (Å²) in [6.07, 6.45) is 3.69. The Hall–Kier alpha value is -1.36. The van der Waals surface area contributed by atoms with Crippen LogP contribution in [0.3, 0.4) is 0 Å². The van der Waals surface area contributed by atoms with Crippen molar-refractivity contribution < 1.29 is 0 Å². The largest absolute Gasteiger partial charge is 0.365 e. The molecule has 100 valence electrons. The summed E-state index contributed by atoms with van der Waals surface area (Å²) in [6.45, 7) is 8.32. The van der Waals surface area contributed by atoms with Crippen LogP contribution >= 0.6 is 0 Å². The molecule has 0 unspecified atom stereocenters. The fourth-order valence-corrected chi connectivity index (χ4v) is 2.10. The smallest absolute Gasteiger partial charge is 0.134 e. The van der Waals surface area contributed by atoms with E-state index in [0.717, 1.165) is 37.6 Å². The van der Waals surface area contributed by atoms with Gasteiger partial charge in [-0.1, -0.05) is 0 Å². The Morgan fingerprint density at radius 3 is 2.56 bits per heavy atom. The number of anilines is 2. The van der Waals surface area contributed by atoms with E-state index in [2.05, 4.69) is 41.0 Å².